The highest BCUT2D eigenvalue weighted by atomic mass is 35.5. The molecule has 0 N–H and O–H groups in total. The predicted octanol–water partition coefficient (Wildman–Crippen LogP) is 0.807. The maximum atomic E-state index is 11.8. The molecule has 0 unspecified atom stereocenters. The third-order valence-electron chi connectivity index (χ3n) is 1.95. The second kappa shape index (κ2) is 8.76. The second-order valence-electron chi connectivity index (χ2n) is 3.16. The maximum Gasteiger partial charge on any atom is 0.214 e. The smallest absolute Gasteiger partial charge is 0.214 e. The van der Waals surface area contributed by atoms with Crippen molar-refractivity contribution in [2.45, 2.75) is 12.8 Å². The summed E-state index contributed by atoms with van der Waals surface area (Å²) in [5.41, 5.74) is 0. The lowest BCUT2D eigenvalue weighted by molar-refractivity contribution is 0.179. The first-order chi connectivity index (χ1) is 7.58. The number of halogens is 1. The summed E-state index contributed by atoms with van der Waals surface area (Å²) in [6.45, 7) is 0.818. The van der Waals surface area contributed by atoms with Crippen molar-refractivity contribution in [3.05, 3.63) is 0 Å². The number of nitriles is 1. The van der Waals surface area contributed by atoms with Crippen LogP contribution in [-0.4, -0.2) is 51.2 Å². The van der Waals surface area contributed by atoms with E-state index < -0.39 is 10.0 Å². The first kappa shape index (κ1) is 15.7. The molecular weight excluding hydrogens is 252 g/mol. The van der Waals surface area contributed by atoms with Crippen LogP contribution in [-0.2, 0) is 14.8 Å². The minimum atomic E-state index is -3.31. The number of alkyl halides is 1. The zero-order valence-corrected chi connectivity index (χ0v) is 10.9. The van der Waals surface area contributed by atoms with Crippen LogP contribution in [0.1, 0.15) is 12.8 Å². The van der Waals surface area contributed by atoms with Crippen molar-refractivity contribution in [3.8, 4) is 6.07 Å². The summed E-state index contributed by atoms with van der Waals surface area (Å²) in [5.74, 6) is 0.335. The second-order valence-corrected chi connectivity index (χ2v) is 5.62. The quantitative estimate of drug-likeness (QED) is 0.580. The van der Waals surface area contributed by atoms with Crippen LogP contribution in [0.3, 0.4) is 0 Å². The van der Waals surface area contributed by atoms with E-state index in [-0.39, 0.29) is 25.3 Å². The minimum absolute atomic E-state index is 0.0195. The van der Waals surface area contributed by atoms with E-state index in [2.05, 4.69) is 0 Å². The topological polar surface area (TPSA) is 70.4 Å². The van der Waals surface area contributed by atoms with Crippen molar-refractivity contribution in [2.75, 3.05) is 38.4 Å². The monoisotopic (exact) mass is 268 g/mol. The van der Waals surface area contributed by atoms with Gasteiger partial charge in [0.15, 0.2) is 0 Å². The third kappa shape index (κ3) is 6.28. The lowest BCUT2D eigenvalue weighted by Gasteiger charge is -2.20. The summed E-state index contributed by atoms with van der Waals surface area (Å²) < 4.78 is 29.7. The molecule has 0 aromatic carbocycles. The van der Waals surface area contributed by atoms with Crippen LogP contribution in [0.4, 0.5) is 0 Å². The van der Waals surface area contributed by atoms with Gasteiger partial charge in [0, 0.05) is 32.5 Å². The van der Waals surface area contributed by atoms with E-state index in [0.717, 1.165) is 0 Å². The number of hydrogen-bond acceptors (Lipinski definition) is 4. The molecule has 0 radical (unpaired) electrons. The van der Waals surface area contributed by atoms with Crippen LogP contribution < -0.4 is 0 Å². The lowest BCUT2D eigenvalue weighted by atomic mass is 10.4. The number of ether oxygens (including phenoxy) is 1. The third-order valence-corrected chi connectivity index (χ3v) is 4.17. The number of hydrogen-bond donors (Lipinski definition) is 0. The van der Waals surface area contributed by atoms with Gasteiger partial charge in [-0.1, -0.05) is 0 Å². The van der Waals surface area contributed by atoms with E-state index in [9.17, 15) is 8.42 Å². The van der Waals surface area contributed by atoms with E-state index in [1.54, 1.807) is 0 Å². The van der Waals surface area contributed by atoms with Crippen LogP contribution in [0.25, 0.3) is 0 Å². The Bertz CT molecular complexity index is 313. The van der Waals surface area contributed by atoms with Gasteiger partial charge in [0.25, 0.3) is 0 Å². The molecule has 0 spiro atoms. The van der Waals surface area contributed by atoms with Gasteiger partial charge in [0.1, 0.15) is 0 Å². The molecule has 0 aliphatic heterocycles. The van der Waals surface area contributed by atoms with Gasteiger partial charge in [-0.05, 0) is 6.42 Å². The van der Waals surface area contributed by atoms with Crippen LogP contribution in [0, 0.1) is 11.3 Å². The zero-order valence-electron chi connectivity index (χ0n) is 9.36. The molecule has 0 aliphatic rings. The molecule has 7 heteroatoms. The SMILES string of the molecule is COCCN(CCC#N)S(=O)(=O)CCCCl. The van der Waals surface area contributed by atoms with Crippen LogP contribution in [0.15, 0.2) is 0 Å². The number of nitrogens with zero attached hydrogens (tertiary/aromatic N) is 2. The van der Waals surface area contributed by atoms with Crippen molar-refractivity contribution in [2.24, 2.45) is 0 Å². The highest BCUT2D eigenvalue weighted by Crippen LogP contribution is 2.05. The Morgan fingerprint density at radius 2 is 2.12 bits per heavy atom. The Labute approximate surface area is 102 Å². The molecule has 0 saturated carbocycles. The van der Waals surface area contributed by atoms with Crippen molar-refractivity contribution < 1.29 is 13.2 Å². The molecule has 0 atom stereocenters. The standard InChI is InChI=1S/C9H17ClN2O3S/c1-15-8-7-12(6-3-5-11)16(13,14)9-2-4-10/h2-4,6-9H2,1H3. The fraction of sp³-hybridized carbons (Fsp3) is 0.889. The van der Waals surface area contributed by atoms with Crippen molar-refractivity contribution in [1.82, 2.24) is 4.31 Å². The predicted molar refractivity (Wildman–Crippen MR) is 62.8 cm³/mol. The molecule has 5 nitrogen and oxygen atoms in total. The van der Waals surface area contributed by atoms with Crippen LogP contribution in [0.2, 0.25) is 0 Å². The highest BCUT2D eigenvalue weighted by molar-refractivity contribution is 7.89. The Hall–Kier alpha value is -0.350. The Balaban J connectivity index is 4.40. The number of rotatable bonds is 9. The van der Waals surface area contributed by atoms with Gasteiger partial charge in [0.05, 0.1) is 18.4 Å². The molecule has 0 aliphatic carbocycles. The van der Waals surface area contributed by atoms with E-state index in [1.807, 2.05) is 6.07 Å². The zero-order chi connectivity index (χ0) is 12.4. The average molecular weight is 269 g/mol. The van der Waals surface area contributed by atoms with Crippen LogP contribution >= 0.6 is 11.6 Å². The first-order valence-corrected chi connectivity index (χ1v) is 7.12. The molecule has 16 heavy (non-hydrogen) atoms. The molecule has 0 amide bonds. The molecule has 94 valence electrons. The van der Waals surface area contributed by atoms with Gasteiger partial charge in [-0.3, -0.25) is 0 Å². The molecule has 0 aromatic rings. The average Bonchev–Trinajstić information content (AvgIpc) is 2.26. The van der Waals surface area contributed by atoms with Gasteiger partial charge in [-0.25, -0.2) is 8.42 Å². The Morgan fingerprint density at radius 1 is 1.44 bits per heavy atom. The fourth-order valence-electron chi connectivity index (χ4n) is 1.12. The summed E-state index contributed by atoms with van der Waals surface area (Å²) in [6.07, 6.45) is 0.601. The number of sulfonamides is 1. The lowest BCUT2D eigenvalue weighted by Crippen LogP contribution is -2.36. The van der Waals surface area contributed by atoms with Gasteiger partial charge >= 0.3 is 0 Å². The van der Waals surface area contributed by atoms with Crippen molar-refractivity contribution >= 4 is 21.6 Å². The summed E-state index contributed by atoms with van der Waals surface area (Å²) in [7, 11) is -1.80. The highest BCUT2D eigenvalue weighted by Gasteiger charge is 2.20. The normalized spacial score (nSPS) is 11.6. The summed E-state index contributed by atoms with van der Waals surface area (Å²) >= 11 is 5.46. The summed E-state index contributed by atoms with van der Waals surface area (Å²) in [5, 5.41) is 8.46. The molecule has 0 aromatic heterocycles. The van der Waals surface area contributed by atoms with Gasteiger partial charge in [-0.15, -0.1) is 11.6 Å². The molecule has 0 rings (SSSR count). The van der Waals surface area contributed by atoms with E-state index in [1.165, 1.54) is 11.4 Å². The van der Waals surface area contributed by atoms with E-state index >= 15 is 0 Å². The summed E-state index contributed by atoms with van der Waals surface area (Å²) in [6, 6.07) is 1.93. The molecule has 0 fully saturated rings. The maximum absolute atomic E-state index is 11.8. The molecular formula is C9H17ClN2O3S. The minimum Gasteiger partial charge on any atom is -0.383 e. The van der Waals surface area contributed by atoms with E-state index in [0.29, 0.717) is 18.9 Å². The molecule has 0 bridgehead atoms. The van der Waals surface area contributed by atoms with Gasteiger partial charge in [0.2, 0.25) is 10.0 Å². The summed E-state index contributed by atoms with van der Waals surface area (Å²) in [4.78, 5) is 0. The van der Waals surface area contributed by atoms with Gasteiger partial charge < -0.3 is 4.74 Å². The Kier molecular flexibility index (Phi) is 8.57. The number of methoxy groups -OCH3 is 1. The van der Waals surface area contributed by atoms with E-state index in [4.69, 9.17) is 21.6 Å². The van der Waals surface area contributed by atoms with Crippen molar-refractivity contribution in [3.63, 3.8) is 0 Å². The first-order valence-electron chi connectivity index (χ1n) is 4.98. The largest absolute Gasteiger partial charge is 0.383 e. The fourth-order valence-corrected chi connectivity index (χ4v) is 2.91. The molecule has 0 heterocycles. The van der Waals surface area contributed by atoms with Crippen LogP contribution in [0.5, 0.6) is 0 Å². The van der Waals surface area contributed by atoms with Gasteiger partial charge in [-0.2, -0.15) is 9.57 Å². The Morgan fingerprint density at radius 3 is 2.62 bits per heavy atom. The van der Waals surface area contributed by atoms with Crippen molar-refractivity contribution in [1.29, 1.82) is 5.26 Å². The molecule has 0 saturated heterocycles.